The summed E-state index contributed by atoms with van der Waals surface area (Å²) in [5, 5.41) is 6.20. The molecule has 4 N–H and O–H groups in total. The number of nitrogens with zero attached hydrogens (tertiary/aromatic N) is 1. The monoisotopic (exact) mass is 426 g/mol. The molecule has 0 unspecified atom stereocenters. The lowest BCUT2D eigenvalue weighted by molar-refractivity contribution is -0.108. The van der Waals surface area contributed by atoms with Crippen LogP contribution in [0.25, 0.3) is 0 Å². The molecule has 0 saturated heterocycles. The van der Waals surface area contributed by atoms with Crippen LogP contribution in [0.4, 0.5) is 4.79 Å². The van der Waals surface area contributed by atoms with E-state index in [1.165, 1.54) is 12.0 Å². The molecule has 0 bridgehead atoms. The number of amides is 5. The number of ether oxygens (including phenoxy) is 1. The molecule has 1 aromatic carbocycles. The number of nitrogens with two attached hydrogens (primary N) is 1. The zero-order valence-corrected chi connectivity index (χ0v) is 16.7. The van der Waals surface area contributed by atoms with E-state index in [2.05, 4.69) is 17.2 Å². The van der Waals surface area contributed by atoms with Crippen LogP contribution in [0.15, 0.2) is 29.6 Å². The first-order valence-corrected chi connectivity index (χ1v) is 9.66. The Balaban J connectivity index is 1.81. The van der Waals surface area contributed by atoms with Gasteiger partial charge in [0.2, 0.25) is 6.41 Å². The van der Waals surface area contributed by atoms with Crippen LogP contribution in [0.5, 0.6) is 5.75 Å². The highest BCUT2D eigenvalue weighted by molar-refractivity contribution is 7.12. The van der Waals surface area contributed by atoms with Gasteiger partial charge in [0.25, 0.3) is 11.8 Å². The summed E-state index contributed by atoms with van der Waals surface area (Å²) in [5.41, 5.74) is 7.11. The lowest BCUT2D eigenvalue weighted by atomic mass is 10.1. The summed E-state index contributed by atoms with van der Waals surface area (Å²) in [4.78, 5) is 48.4. The van der Waals surface area contributed by atoms with E-state index in [0.29, 0.717) is 28.3 Å². The van der Waals surface area contributed by atoms with E-state index in [9.17, 15) is 19.2 Å². The van der Waals surface area contributed by atoms with Crippen molar-refractivity contribution in [1.29, 1.82) is 0 Å². The largest absolute Gasteiger partial charge is 0.497 e. The van der Waals surface area contributed by atoms with Gasteiger partial charge in [-0.3, -0.25) is 19.7 Å². The molecule has 30 heavy (non-hydrogen) atoms. The van der Waals surface area contributed by atoms with E-state index in [0.717, 1.165) is 16.9 Å². The molecule has 3 rings (SSSR count). The third-order valence-electron chi connectivity index (χ3n) is 4.36. The summed E-state index contributed by atoms with van der Waals surface area (Å²) in [6, 6.07) is 5.33. The number of hydrogen-bond donors (Lipinski definition) is 3. The lowest BCUT2D eigenvalue weighted by Crippen LogP contribution is -2.46. The number of benzene rings is 1. The molecule has 10 heteroatoms. The number of fused-ring (bicyclic) bond motifs is 1. The van der Waals surface area contributed by atoms with E-state index in [1.807, 2.05) is 11.4 Å². The van der Waals surface area contributed by atoms with Gasteiger partial charge in [-0.1, -0.05) is 17.9 Å². The van der Waals surface area contributed by atoms with Gasteiger partial charge in [0.05, 0.1) is 13.7 Å². The summed E-state index contributed by atoms with van der Waals surface area (Å²) in [5.74, 6) is 5.42. The van der Waals surface area contributed by atoms with Crippen molar-refractivity contribution in [2.45, 2.75) is 12.6 Å². The molecule has 1 aliphatic heterocycles. The van der Waals surface area contributed by atoms with E-state index < -0.39 is 18.0 Å². The average molecular weight is 426 g/mol. The van der Waals surface area contributed by atoms with Gasteiger partial charge < -0.3 is 20.7 Å². The van der Waals surface area contributed by atoms with E-state index in [4.69, 9.17) is 10.5 Å². The number of nitrogens with one attached hydrogen (secondary N) is 2. The van der Waals surface area contributed by atoms with Crippen LogP contribution in [-0.2, 0) is 11.3 Å². The third kappa shape index (κ3) is 4.59. The second-order valence-electron chi connectivity index (χ2n) is 6.29. The zero-order chi connectivity index (χ0) is 21.7. The van der Waals surface area contributed by atoms with Crippen molar-refractivity contribution in [2.24, 2.45) is 5.73 Å². The minimum Gasteiger partial charge on any atom is -0.497 e. The number of carbonyl (C=O) groups is 4. The molecule has 1 aromatic heterocycles. The molecular weight excluding hydrogens is 408 g/mol. The second kappa shape index (κ2) is 9.11. The first-order valence-electron chi connectivity index (χ1n) is 8.78. The standard InChI is InChI=1S/C20H18N4O5S/c1-29-15-5-3-13-9-24(19(27)16(13)8-15)10-14(23-20(28)22-11-25)4-2-12-6-7-30-17(12)18(21)26/h3,5-8,11,14H,9-10H2,1H3,(H2,21,26)(H2,22,23,25,28)/t14-/m1/s1. The minimum atomic E-state index is -0.800. The highest BCUT2D eigenvalue weighted by Gasteiger charge is 2.29. The topological polar surface area (TPSA) is 131 Å². The maximum Gasteiger partial charge on any atom is 0.322 e. The first-order chi connectivity index (χ1) is 14.4. The fourth-order valence-corrected chi connectivity index (χ4v) is 3.68. The molecule has 9 nitrogen and oxygen atoms in total. The molecule has 1 atom stereocenters. The Hall–Kier alpha value is -3.84. The first kappa shape index (κ1) is 20.9. The summed E-state index contributed by atoms with van der Waals surface area (Å²) in [7, 11) is 1.52. The number of primary amides is 1. The molecule has 0 saturated carbocycles. The Morgan fingerprint density at radius 2 is 2.20 bits per heavy atom. The predicted molar refractivity (Wildman–Crippen MR) is 109 cm³/mol. The molecular formula is C20H18N4O5S. The highest BCUT2D eigenvalue weighted by atomic mass is 32.1. The number of carbonyl (C=O) groups excluding carboxylic acids is 4. The van der Waals surface area contributed by atoms with Crippen LogP contribution in [0.2, 0.25) is 0 Å². The summed E-state index contributed by atoms with van der Waals surface area (Å²) >= 11 is 1.16. The van der Waals surface area contributed by atoms with Gasteiger partial charge in [-0.2, -0.15) is 0 Å². The fourth-order valence-electron chi connectivity index (χ4n) is 2.98. The van der Waals surface area contributed by atoms with Crippen molar-refractivity contribution >= 4 is 35.6 Å². The van der Waals surface area contributed by atoms with Gasteiger partial charge in [-0.05, 0) is 29.1 Å². The van der Waals surface area contributed by atoms with Crippen molar-refractivity contribution in [3.8, 4) is 17.6 Å². The van der Waals surface area contributed by atoms with E-state index >= 15 is 0 Å². The van der Waals surface area contributed by atoms with Crippen molar-refractivity contribution in [1.82, 2.24) is 15.5 Å². The van der Waals surface area contributed by atoms with Crippen molar-refractivity contribution in [3.05, 3.63) is 51.2 Å². The van der Waals surface area contributed by atoms with Crippen LogP contribution >= 0.6 is 11.3 Å². The third-order valence-corrected chi connectivity index (χ3v) is 5.29. The lowest BCUT2D eigenvalue weighted by Gasteiger charge is -2.21. The summed E-state index contributed by atoms with van der Waals surface area (Å²) in [6.07, 6.45) is 0.243. The Kier molecular flexibility index (Phi) is 6.34. The van der Waals surface area contributed by atoms with Gasteiger partial charge >= 0.3 is 6.03 Å². The van der Waals surface area contributed by atoms with Crippen LogP contribution in [0.3, 0.4) is 0 Å². The summed E-state index contributed by atoms with van der Waals surface area (Å²) in [6.45, 7) is 0.420. The van der Waals surface area contributed by atoms with Gasteiger partial charge in [0.1, 0.15) is 16.7 Å². The van der Waals surface area contributed by atoms with Crippen LogP contribution in [0.1, 0.15) is 31.2 Å². The van der Waals surface area contributed by atoms with Crippen molar-refractivity contribution < 1.29 is 23.9 Å². The molecule has 0 fully saturated rings. The smallest absolute Gasteiger partial charge is 0.322 e. The van der Waals surface area contributed by atoms with E-state index in [-0.39, 0.29) is 18.9 Å². The maximum absolute atomic E-state index is 12.8. The molecule has 0 radical (unpaired) electrons. The SMILES string of the molecule is COc1ccc2c(c1)C(=O)N(C[C@@H](C#Cc1ccsc1C(N)=O)NC(=O)NC=O)C2. The predicted octanol–water partition coefficient (Wildman–Crippen LogP) is 0.687. The Morgan fingerprint density at radius 1 is 1.40 bits per heavy atom. The normalized spacial score (nSPS) is 13.0. The number of rotatable bonds is 6. The molecule has 154 valence electrons. The Bertz CT molecular complexity index is 1070. The number of imide groups is 1. The number of urea groups is 1. The molecule has 0 spiro atoms. The van der Waals surface area contributed by atoms with Gasteiger partial charge in [0, 0.05) is 17.7 Å². The average Bonchev–Trinajstić information content (AvgIpc) is 3.31. The molecule has 2 heterocycles. The fraction of sp³-hybridized carbons (Fsp3) is 0.200. The van der Waals surface area contributed by atoms with Gasteiger partial charge in [0.15, 0.2) is 0 Å². The quantitative estimate of drug-likeness (QED) is 0.462. The van der Waals surface area contributed by atoms with Gasteiger partial charge in [-0.25, -0.2) is 4.79 Å². The van der Waals surface area contributed by atoms with Crippen molar-refractivity contribution in [2.75, 3.05) is 13.7 Å². The Labute approximate surface area is 176 Å². The second-order valence-corrected chi connectivity index (χ2v) is 7.21. The maximum atomic E-state index is 12.8. The Morgan fingerprint density at radius 3 is 2.90 bits per heavy atom. The van der Waals surface area contributed by atoms with Crippen LogP contribution in [0, 0.1) is 11.8 Å². The number of hydrogen-bond acceptors (Lipinski definition) is 6. The van der Waals surface area contributed by atoms with E-state index in [1.54, 1.807) is 23.6 Å². The molecule has 1 aliphatic rings. The zero-order valence-electron chi connectivity index (χ0n) is 15.9. The number of thiophene rings is 1. The molecule has 0 aliphatic carbocycles. The van der Waals surface area contributed by atoms with Crippen LogP contribution < -0.4 is 21.1 Å². The van der Waals surface area contributed by atoms with Crippen LogP contribution in [-0.4, -0.2) is 48.9 Å². The van der Waals surface area contributed by atoms with Crippen molar-refractivity contribution in [3.63, 3.8) is 0 Å². The van der Waals surface area contributed by atoms with Gasteiger partial charge in [-0.15, -0.1) is 11.3 Å². The number of methoxy groups -OCH3 is 1. The summed E-state index contributed by atoms with van der Waals surface area (Å²) < 4.78 is 5.17. The highest BCUT2D eigenvalue weighted by Crippen LogP contribution is 2.26. The molecule has 2 aromatic rings. The minimum absolute atomic E-state index is 0.0746. The molecule has 5 amide bonds.